The minimum atomic E-state index is -3.69. The van der Waals surface area contributed by atoms with Crippen LogP contribution in [0.3, 0.4) is 0 Å². The quantitative estimate of drug-likeness (QED) is 0.675. The Morgan fingerprint density at radius 1 is 0.960 bits per heavy atom. The molecule has 0 aliphatic heterocycles. The van der Waals surface area contributed by atoms with E-state index in [2.05, 4.69) is 13.2 Å². The van der Waals surface area contributed by atoms with E-state index in [1.165, 1.54) is 4.31 Å². The molecule has 0 N–H and O–H groups in total. The summed E-state index contributed by atoms with van der Waals surface area (Å²) in [7, 11) is -3.69. The average molecular weight is 356 g/mol. The van der Waals surface area contributed by atoms with Gasteiger partial charge in [0.2, 0.25) is 10.0 Å². The second-order valence-corrected chi connectivity index (χ2v) is 8.33. The lowest BCUT2D eigenvalue weighted by molar-refractivity contribution is 0.373. The predicted octanol–water partition coefficient (Wildman–Crippen LogP) is 4.71. The highest BCUT2D eigenvalue weighted by atomic mass is 32.2. The highest BCUT2D eigenvalue weighted by Crippen LogP contribution is 2.27. The Morgan fingerprint density at radius 2 is 1.48 bits per heavy atom. The molecule has 0 aromatic heterocycles. The van der Waals surface area contributed by atoms with E-state index in [-0.39, 0.29) is 11.4 Å². The van der Waals surface area contributed by atoms with Crippen molar-refractivity contribution in [1.29, 1.82) is 0 Å². The number of sulfonamides is 1. The molecule has 0 heterocycles. The maximum absolute atomic E-state index is 13.3. The SMILES string of the molecule is C=C(C)C(C(=C)C)N(Cc1ccccc1)S(=O)(=O)c1ccc(C)cc1. The van der Waals surface area contributed by atoms with Gasteiger partial charge in [0.1, 0.15) is 0 Å². The van der Waals surface area contributed by atoms with Crippen molar-refractivity contribution in [2.24, 2.45) is 0 Å². The number of rotatable bonds is 7. The summed E-state index contributed by atoms with van der Waals surface area (Å²) in [4.78, 5) is 0.279. The fourth-order valence-corrected chi connectivity index (χ4v) is 4.54. The smallest absolute Gasteiger partial charge is 0.207 e. The first-order valence-electron chi connectivity index (χ1n) is 8.16. The molecular weight excluding hydrogens is 330 g/mol. The van der Waals surface area contributed by atoms with Gasteiger partial charge in [-0.25, -0.2) is 8.42 Å². The van der Waals surface area contributed by atoms with E-state index in [4.69, 9.17) is 0 Å². The molecule has 0 amide bonds. The lowest BCUT2D eigenvalue weighted by Gasteiger charge is -2.32. The molecule has 0 aliphatic rings. The normalized spacial score (nSPS) is 11.7. The second kappa shape index (κ2) is 7.81. The minimum Gasteiger partial charge on any atom is -0.207 e. The van der Waals surface area contributed by atoms with Crippen LogP contribution in [-0.2, 0) is 16.6 Å². The van der Waals surface area contributed by atoms with E-state index in [0.717, 1.165) is 22.3 Å². The van der Waals surface area contributed by atoms with Crippen LogP contribution in [0.1, 0.15) is 25.0 Å². The average Bonchev–Trinajstić information content (AvgIpc) is 2.55. The van der Waals surface area contributed by atoms with Crippen LogP contribution in [-0.4, -0.2) is 18.8 Å². The van der Waals surface area contributed by atoms with Gasteiger partial charge in [-0.1, -0.05) is 72.3 Å². The predicted molar refractivity (Wildman–Crippen MR) is 104 cm³/mol. The fraction of sp³-hybridized carbons (Fsp3) is 0.238. The van der Waals surface area contributed by atoms with Gasteiger partial charge in [-0.15, -0.1) is 0 Å². The first-order valence-corrected chi connectivity index (χ1v) is 9.60. The summed E-state index contributed by atoms with van der Waals surface area (Å²) in [5.41, 5.74) is 3.44. The molecule has 2 rings (SSSR count). The monoisotopic (exact) mass is 355 g/mol. The Morgan fingerprint density at radius 3 is 1.96 bits per heavy atom. The molecule has 0 fully saturated rings. The summed E-state index contributed by atoms with van der Waals surface area (Å²) in [6.07, 6.45) is 0. The highest BCUT2D eigenvalue weighted by molar-refractivity contribution is 7.89. The molecule has 0 atom stereocenters. The van der Waals surface area contributed by atoms with Gasteiger partial charge in [-0.2, -0.15) is 4.31 Å². The summed E-state index contributed by atoms with van der Waals surface area (Å²) in [6.45, 7) is 13.9. The molecule has 2 aromatic carbocycles. The van der Waals surface area contributed by atoms with Crippen LogP contribution in [0.5, 0.6) is 0 Å². The Labute approximate surface area is 151 Å². The minimum absolute atomic E-state index is 0.265. The number of hydrogen-bond acceptors (Lipinski definition) is 2. The lowest BCUT2D eigenvalue weighted by Crippen LogP contribution is -2.41. The zero-order valence-corrected chi connectivity index (χ0v) is 15.9. The van der Waals surface area contributed by atoms with Gasteiger partial charge in [0.25, 0.3) is 0 Å². The fourth-order valence-electron chi connectivity index (χ4n) is 2.84. The number of aryl methyl sites for hydroxylation is 1. The molecule has 0 saturated heterocycles. The first-order chi connectivity index (χ1) is 11.7. The molecule has 0 spiro atoms. The summed E-state index contributed by atoms with van der Waals surface area (Å²) in [5.74, 6) is 0. The van der Waals surface area contributed by atoms with Crippen molar-refractivity contribution in [3.63, 3.8) is 0 Å². The van der Waals surface area contributed by atoms with E-state index in [0.29, 0.717) is 0 Å². The molecule has 0 radical (unpaired) electrons. The van der Waals surface area contributed by atoms with Crippen LogP contribution < -0.4 is 0 Å². The lowest BCUT2D eigenvalue weighted by atomic mass is 10.0. The van der Waals surface area contributed by atoms with Gasteiger partial charge < -0.3 is 0 Å². The van der Waals surface area contributed by atoms with Crippen molar-refractivity contribution in [2.75, 3.05) is 0 Å². The van der Waals surface area contributed by atoms with Gasteiger partial charge >= 0.3 is 0 Å². The van der Waals surface area contributed by atoms with Gasteiger partial charge in [-0.05, 0) is 38.5 Å². The zero-order valence-electron chi connectivity index (χ0n) is 15.1. The Balaban J connectivity index is 2.54. The van der Waals surface area contributed by atoms with Gasteiger partial charge in [0.15, 0.2) is 0 Å². The van der Waals surface area contributed by atoms with E-state index in [9.17, 15) is 8.42 Å². The third kappa shape index (κ3) is 4.47. The molecule has 2 aromatic rings. The Kier molecular flexibility index (Phi) is 5.98. The van der Waals surface area contributed by atoms with Crippen LogP contribution in [0.4, 0.5) is 0 Å². The molecule has 132 valence electrons. The molecule has 0 bridgehead atoms. The summed E-state index contributed by atoms with van der Waals surface area (Å²) in [6, 6.07) is 16.0. The zero-order chi connectivity index (χ0) is 18.6. The third-order valence-electron chi connectivity index (χ3n) is 4.03. The molecule has 4 heteroatoms. The van der Waals surface area contributed by atoms with Gasteiger partial charge in [0.05, 0.1) is 10.9 Å². The van der Waals surface area contributed by atoms with Crippen molar-refractivity contribution >= 4 is 10.0 Å². The number of benzene rings is 2. The summed E-state index contributed by atoms with van der Waals surface area (Å²) in [5, 5.41) is 0. The molecule has 0 unspecified atom stereocenters. The number of nitrogens with zero attached hydrogens (tertiary/aromatic N) is 1. The maximum atomic E-state index is 13.3. The van der Waals surface area contributed by atoms with Crippen LogP contribution in [0.2, 0.25) is 0 Å². The Bertz CT molecular complexity index is 839. The molecule has 25 heavy (non-hydrogen) atoms. The van der Waals surface area contributed by atoms with Gasteiger partial charge in [0, 0.05) is 6.54 Å². The van der Waals surface area contributed by atoms with E-state index in [1.807, 2.05) is 63.2 Å². The standard InChI is InChI=1S/C21H25NO2S/c1-16(2)21(17(3)4)22(15-19-9-7-6-8-10-19)25(23,24)20-13-11-18(5)12-14-20/h6-14,21H,1,3,15H2,2,4-5H3. The van der Waals surface area contributed by atoms with Gasteiger partial charge in [-0.3, -0.25) is 0 Å². The van der Waals surface area contributed by atoms with Crippen LogP contribution in [0.15, 0.2) is 83.8 Å². The molecule has 0 saturated carbocycles. The Hall–Kier alpha value is -2.17. The summed E-state index contributed by atoms with van der Waals surface area (Å²) < 4.78 is 28.2. The molecule has 3 nitrogen and oxygen atoms in total. The molecular formula is C21H25NO2S. The van der Waals surface area contributed by atoms with Crippen molar-refractivity contribution < 1.29 is 8.42 Å². The van der Waals surface area contributed by atoms with E-state index in [1.54, 1.807) is 12.1 Å². The topological polar surface area (TPSA) is 37.4 Å². The summed E-state index contributed by atoms with van der Waals surface area (Å²) >= 11 is 0. The van der Waals surface area contributed by atoms with Crippen molar-refractivity contribution in [3.05, 3.63) is 90.0 Å². The van der Waals surface area contributed by atoms with Crippen molar-refractivity contribution in [3.8, 4) is 0 Å². The largest absolute Gasteiger partial charge is 0.244 e. The second-order valence-electron chi connectivity index (χ2n) is 6.44. The van der Waals surface area contributed by atoms with Crippen LogP contribution in [0, 0.1) is 6.92 Å². The van der Waals surface area contributed by atoms with E-state index < -0.39 is 16.1 Å². The van der Waals surface area contributed by atoms with Crippen LogP contribution >= 0.6 is 0 Å². The van der Waals surface area contributed by atoms with Crippen LogP contribution in [0.25, 0.3) is 0 Å². The van der Waals surface area contributed by atoms with Crippen molar-refractivity contribution in [1.82, 2.24) is 4.31 Å². The first kappa shape index (κ1) is 19.2. The molecule has 0 aliphatic carbocycles. The maximum Gasteiger partial charge on any atom is 0.244 e. The van der Waals surface area contributed by atoms with E-state index >= 15 is 0 Å². The number of hydrogen-bond donors (Lipinski definition) is 0. The highest BCUT2D eigenvalue weighted by Gasteiger charge is 2.32. The third-order valence-corrected chi connectivity index (χ3v) is 5.86. The van der Waals surface area contributed by atoms with Crippen molar-refractivity contribution in [2.45, 2.75) is 38.3 Å².